The van der Waals surface area contributed by atoms with E-state index >= 15 is 0 Å². The highest BCUT2D eigenvalue weighted by Gasteiger charge is 2.08. The van der Waals surface area contributed by atoms with Crippen molar-refractivity contribution in [2.75, 3.05) is 0 Å². The zero-order chi connectivity index (χ0) is 11.7. The van der Waals surface area contributed by atoms with E-state index in [0.29, 0.717) is 6.42 Å². The van der Waals surface area contributed by atoms with Gasteiger partial charge in [0.25, 0.3) is 0 Å². The zero-order valence-electron chi connectivity index (χ0n) is 9.11. The van der Waals surface area contributed by atoms with Gasteiger partial charge in [-0.25, -0.2) is 4.98 Å². The SMILES string of the molecule is Sn1c(Cc2ccccn2)nc2ccccc21. The number of nitrogens with zero attached hydrogens (tertiary/aromatic N) is 3. The Kier molecular flexibility index (Phi) is 2.57. The number of benzene rings is 1. The number of thiol groups is 1. The number of hydrogen-bond acceptors (Lipinski definition) is 3. The summed E-state index contributed by atoms with van der Waals surface area (Å²) in [6.45, 7) is 0. The van der Waals surface area contributed by atoms with Crippen molar-refractivity contribution >= 4 is 23.8 Å². The van der Waals surface area contributed by atoms with E-state index in [-0.39, 0.29) is 0 Å². The van der Waals surface area contributed by atoms with E-state index in [0.717, 1.165) is 22.6 Å². The summed E-state index contributed by atoms with van der Waals surface area (Å²) in [4.78, 5) is 8.85. The van der Waals surface area contributed by atoms with Crippen molar-refractivity contribution in [3.05, 3.63) is 60.2 Å². The first kappa shape index (κ1) is 10.4. The Bertz CT molecular complexity index is 646. The molecule has 0 radical (unpaired) electrons. The van der Waals surface area contributed by atoms with Gasteiger partial charge >= 0.3 is 0 Å². The summed E-state index contributed by atoms with van der Waals surface area (Å²) in [5.41, 5.74) is 2.99. The van der Waals surface area contributed by atoms with Crippen molar-refractivity contribution in [1.29, 1.82) is 0 Å². The molecule has 0 amide bonds. The highest BCUT2D eigenvalue weighted by Crippen LogP contribution is 2.18. The molecule has 0 aliphatic rings. The highest BCUT2D eigenvalue weighted by molar-refractivity contribution is 7.78. The molecular formula is C13H11N3S. The molecule has 2 aromatic heterocycles. The van der Waals surface area contributed by atoms with E-state index in [9.17, 15) is 0 Å². The maximum atomic E-state index is 4.55. The quantitative estimate of drug-likeness (QED) is 0.699. The van der Waals surface area contributed by atoms with Gasteiger partial charge in [0.05, 0.1) is 11.0 Å². The molecule has 3 aromatic rings. The normalized spacial score (nSPS) is 10.9. The molecule has 2 heterocycles. The molecule has 0 fully saturated rings. The van der Waals surface area contributed by atoms with Crippen LogP contribution in [0.5, 0.6) is 0 Å². The molecule has 0 aliphatic carbocycles. The molecule has 4 heteroatoms. The first-order valence-corrected chi connectivity index (χ1v) is 5.80. The number of fused-ring (bicyclic) bond motifs is 1. The minimum Gasteiger partial charge on any atom is -0.272 e. The smallest absolute Gasteiger partial charge is 0.125 e. The maximum Gasteiger partial charge on any atom is 0.125 e. The Morgan fingerprint density at radius 3 is 2.65 bits per heavy atom. The van der Waals surface area contributed by atoms with Gasteiger partial charge in [-0.15, -0.1) is 0 Å². The lowest BCUT2D eigenvalue weighted by Crippen LogP contribution is -1.97. The second-order valence-corrected chi connectivity index (χ2v) is 4.23. The van der Waals surface area contributed by atoms with Crippen molar-refractivity contribution in [3.63, 3.8) is 0 Å². The second kappa shape index (κ2) is 4.22. The molecule has 3 rings (SSSR count). The Balaban J connectivity index is 2.04. The third-order valence-corrected chi connectivity index (χ3v) is 3.12. The second-order valence-electron chi connectivity index (χ2n) is 3.83. The molecule has 0 aliphatic heterocycles. The lowest BCUT2D eigenvalue weighted by Gasteiger charge is -2.00. The lowest BCUT2D eigenvalue weighted by molar-refractivity contribution is 0.966. The number of pyridine rings is 1. The molecule has 0 N–H and O–H groups in total. The van der Waals surface area contributed by atoms with Gasteiger partial charge in [0.2, 0.25) is 0 Å². The number of hydrogen-bond donors (Lipinski definition) is 1. The molecule has 0 spiro atoms. The third kappa shape index (κ3) is 1.91. The van der Waals surface area contributed by atoms with Gasteiger partial charge in [-0.3, -0.25) is 8.96 Å². The molecule has 0 unspecified atom stereocenters. The Morgan fingerprint density at radius 1 is 1.06 bits per heavy atom. The van der Waals surface area contributed by atoms with E-state index in [4.69, 9.17) is 0 Å². The third-order valence-electron chi connectivity index (χ3n) is 2.67. The highest BCUT2D eigenvalue weighted by atomic mass is 32.1. The first-order chi connectivity index (χ1) is 8.34. The summed E-state index contributed by atoms with van der Waals surface area (Å²) in [5, 5.41) is 0. The van der Waals surface area contributed by atoms with Crippen LogP contribution >= 0.6 is 12.8 Å². The van der Waals surface area contributed by atoms with Crippen LogP contribution in [-0.2, 0) is 6.42 Å². The summed E-state index contributed by atoms with van der Waals surface area (Å²) in [6.07, 6.45) is 2.49. The average Bonchev–Trinajstić information content (AvgIpc) is 2.68. The fraction of sp³-hybridized carbons (Fsp3) is 0.0769. The first-order valence-electron chi connectivity index (χ1n) is 5.40. The van der Waals surface area contributed by atoms with Crippen LogP contribution in [0, 0.1) is 0 Å². The van der Waals surface area contributed by atoms with E-state index < -0.39 is 0 Å². The molecule has 0 atom stereocenters. The minimum atomic E-state index is 0.693. The molecular weight excluding hydrogens is 230 g/mol. The van der Waals surface area contributed by atoms with Crippen LogP contribution in [0.4, 0.5) is 0 Å². The van der Waals surface area contributed by atoms with Crippen molar-refractivity contribution in [1.82, 2.24) is 13.9 Å². The standard InChI is InChI=1S/C13H11N3S/c17-16-12-7-2-1-6-11(12)15-13(16)9-10-5-3-4-8-14-10/h1-8,17H,9H2. The number of para-hydroxylation sites is 2. The topological polar surface area (TPSA) is 30.7 Å². The summed E-state index contributed by atoms with van der Waals surface area (Å²) in [5.74, 6) is 0.910. The maximum absolute atomic E-state index is 4.55. The predicted octanol–water partition coefficient (Wildman–Crippen LogP) is 2.72. The molecule has 84 valence electrons. The summed E-state index contributed by atoms with van der Waals surface area (Å²) < 4.78 is 1.82. The van der Waals surface area contributed by atoms with Gasteiger partial charge in [-0.2, -0.15) is 0 Å². The number of imidazole rings is 1. The molecule has 0 saturated heterocycles. The summed E-state index contributed by atoms with van der Waals surface area (Å²) in [7, 11) is 0. The van der Waals surface area contributed by atoms with Crippen molar-refractivity contribution in [3.8, 4) is 0 Å². The molecule has 0 saturated carbocycles. The number of aromatic nitrogens is 3. The van der Waals surface area contributed by atoms with E-state index in [1.54, 1.807) is 6.20 Å². The van der Waals surface area contributed by atoms with Gasteiger partial charge in [-0.1, -0.05) is 31.0 Å². The lowest BCUT2D eigenvalue weighted by atomic mass is 10.3. The van der Waals surface area contributed by atoms with E-state index in [1.807, 2.05) is 46.4 Å². The Labute approximate surface area is 105 Å². The van der Waals surface area contributed by atoms with Crippen LogP contribution in [0.1, 0.15) is 11.5 Å². The van der Waals surface area contributed by atoms with Crippen LogP contribution < -0.4 is 0 Å². The number of rotatable bonds is 2. The van der Waals surface area contributed by atoms with E-state index in [1.165, 1.54) is 0 Å². The van der Waals surface area contributed by atoms with Gasteiger partial charge in [0.15, 0.2) is 0 Å². The van der Waals surface area contributed by atoms with Gasteiger partial charge in [0, 0.05) is 18.3 Å². The molecule has 0 bridgehead atoms. The van der Waals surface area contributed by atoms with Crippen LogP contribution in [0.25, 0.3) is 11.0 Å². The Morgan fingerprint density at radius 2 is 1.88 bits per heavy atom. The molecule has 17 heavy (non-hydrogen) atoms. The summed E-state index contributed by atoms with van der Waals surface area (Å²) in [6, 6.07) is 13.9. The van der Waals surface area contributed by atoms with Crippen molar-refractivity contribution in [2.24, 2.45) is 0 Å². The largest absolute Gasteiger partial charge is 0.272 e. The van der Waals surface area contributed by atoms with Gasteiger partial charge < -0.3 is 0 Å². The average molecular weight is 241 g/mol. The fourth-order valence-corrected chi connectivity index (χ4v) is 2.13. The van der Waals surface area contributed by atoms with Gasteiger partial charge in [0.1, 0.15) is 5.82 Å². The minimum absolute atomic E-state index is 0.693. The molecule has 1 aromatic carbocycles. The van der Waals surface area contributed by atoms with Crippen LogP contribution in [0.3, 0.4) is 0 Å². The van der Waals surface area contributed by atoms with Crippen molar-refractivity contribution in [2.45, 2.75) is 6.42 Å². The zero-order valence-corrected chi connectivity index (χ0v) is 10.0. The molecule has 3 nitrogen and oxygen atoms in total. The Hall–Kier alpha value is -1.81. The monoisotopic (exact) mass is 241 g/mol. The van der Waals surface area contributed by atoms with Gasteiger partial charge in [-0.05, 0) is 24.3 Å². The van der Waals surface area contributed by atoms with Crippen LogP contribution in [0.15, 0.2) is 48.7 Å². The fourth-order valence-electron chi connectivity index (χ4n) is 1.84. The van der Waals surface area contributed by atoms with E-state index in [2.05, 4.69) is 22.8 Å². The van der Waals surface area contributed by atoms with Crippen LogP contribution in [0.2, 0.25) is 0 Å². The summed E-state index contributed by atoms with van der Waals surface area (Å²) >= 11 is 4.47. The van der Waals surface area contributed by atoms with Crippen LogP contribution in [-0.4, -0.2) is 13.9 Å². The predicted molar refractivity (Wildman–Crippen MR) is 71.2 cm³/mol. The van der Waals surface area contributed by atoms with Crippen molar-refractivity contribution < 1.29 is 0 Å².